The highest BCUT2D eigenvalue weighted by Crippen LogP contribution is 2.00. The molecule has 2 aliphatic heterocycles. The molecule has 4 heteroatoms. The molecule has 0 aromatic heterocycles. The number of fused-ring (bicyclic) bond motifs is 1. The summed E-state index contributed by atoms with van der Waals surface area (Å²) in [5, 5.41) is 7.62. The van der Waals surface area contributed by atoms with Crippen LogP contribution in [0.1, 0.15) is 0 Å². The van der Waals surface area contributed by atoms with E-state index in [0.717, 1.165) is 12.4 Å². The van der Waals surface area contributed by atoms with Crippen molar-refractivity contribution in [1.82, 2.24) is 4.90 Å². The molecular weight excluding hydrogens is 128 g/mol. The number of hydrogen-bond acceptors (Lipinski definition) is 4. The van der Waals surface area contributed by atoms with Crippen LogP contribution >= 0.6 is 0 Å². The quantitative estimate of drug-likeness (QED) is 0.468. The van der Waals surface area contributed by atoms with Gasteiger partial charge in [-0.3, -0.25) is 4.99 Å². The van der Waals surface area contributed by atoms with Gasteiger partial charge in [-0.05, 0) is 0 Å². The lowest BCUT2D eigenvalue weighted by molar-refractivity contribution is 0.635. The molecule has 0 N–H and O–H groups in total. The number of amidine groups is 1. The molecule has 0 unspecified atom stereocenters. The molecule has 0 aromatic rings. The lowest BCUT2D eigenvalue weighted by Gasteiger charge is -2.20. The second kappa shape index (κ2) is 2.06. The zero-order valence-corrected chi connectivity index (χ0v) is 5.31. The second-order valence-corrected chi connectivity index (χ2v) is 1.98. The van der Waals surface area contributed by atoms with Crippen LogP contribution < -0.4 is 0 Å². The Morgan fingerprint density at radius 3 is 3.40 bits per heavy atom. The number of nitrogens with zero attached hydrogens (tertiary/aromatic N) is 4. The molecule has 0 bridgehead atoms. The second-order valence-electron chi connectivity index (χ2n) is 1.98. The molecule has 0 spiro atoms. The monoisotopic (exact) mass is 134 g/mol. The van der Waals surface area contributed by atoms with E-state index in [0.29, 0.717) is 0 Å². The van der Waals surface area contributed by atoms with Crippen molar-refractivity contribution in [1.29, 1.82) is 0 Å². The minimum Gasteiger partial charge on any atom is -0.323 e. The van der Waals surface area contributed by atoms with E-state index in [4.69, 9.17) is 0 Å². The van der Waals surface area contributed by atoms with Crippen molar-refractivity contribution in [3.63, 3.8) is 0 Å². The SMILES string of the molecule is C1=CN2CC=NN=C2C=N1. The maximum Gasteiger partial charge on any atom is 0.174 e. The average molecular weight is 134 g/mol. The predicted molar refractivity (Wildman–Crippen MR) is 40.3 cm³/mol. The van der Waals surface area contributed by atoms with Gasteiger partial charge < -0.3 is 4.90 Å². The Hall–Kier alpha value is -1.45. The van der Waals surface area contributed by atoms with Crippen LogP contribution in [-0.4, -0.2) is 29.7 Å². The largest absolute Gasteiger partial charge is 0.323 e. The molecule has 0 saturated heterocycles. The van der Waals surface area contributed by atoms with Crippen molar-refractivity contribution >= 4 is 18.3 Å². The average Bonchev–Trinajstić information content (AvgIpc) is 2.05. The van der Waals surface area contributed by atoms with Crippen LogP contribution in [-0.2, 0) is 0 Å². The van der Waals surface area contributed by atoms with Crippen LogP contribution in [0.2, 0.25) is 0 Å². The van der Waals surface area contributed by atoms with Crippen molar-refractivity contribution < 1.29 is 0 Å². The van der Waals surface area contributed by atoms with Gasteiger partial charge in [-0.1, -0.05) is 0 Å². The van der Waals surface area contributed by atoms with E-state index in [1.165, 1.54) is 0 Å². The maximum absolute atomic E-state index is 3.91. The zero-order chi connectivity index (χ0) is 6.81. The molecule has 0 aromatic carbocycles. The fourth-order valence-electron chi connectivity index (χ4n) is 0.841. The highest BCUT2D eigenvalue weighted by atomic mass is 15.3. The van der Waals surface area contributed by atoms with Gasteiger partial charge in [0.1, 0.15) is 0 Å². The minimum atomic E-state index is 0.793. The number of aliphatic imine (C=N–C) groups is 1. The van der Waals surface area contributed by atoms with Crippen LogP contribution in [0, 0.1) is 0 Å². The summed E-state index contributed by atoms with van der Waals surface area (Å²) in [5.74, 6) is 0.810. The Balaban J connectivity index is 2.34. The van der Waals surface area contributed by atoms with Gasteiger partial charge in [-0.15, -0.1) is 5.10 Å². The molecule has 2 rings (SSSR count). The normalized spacial score (nSPS) is 20.8. The Kier molecular flexibility index (Phi) is 1.10. The summed E-state index contributed by atoms with van der Waals surface area (Å²) in [7, 11) is 0. The molecule has 2 heterocycles. The molecule has 0 saturated carbocycles. The molecule has 2 aliphatic rings. The van der Waals surface area contributed by atoms with E-state index < -0.39 is 0 Å². The van der Waals surface area contributed by atoms with Crippen LogP contribution in [0.25, 0.3) is 0 Å². The Morgan fingerprint density at radius 1 is 1.50 bits per heavy atom. The van der Waals surface area contributed by atoms with Crippen LogP contribution in [0.15, 0.2) is 27.6 Å². The van der Waals surface area contributed by atoms with E-state index in [1.807, 2.05) is 11.1 Å². The first kappa shape index (κ1) is 5.34. The summed E-state index contributed by atoms with van der Waals surface area (Å²) in [6, 6.07) is 0. The topological polar surface area (TPSA) is 40.3 Å². The van der Waals surface area contributed by atoms with Crippen LogP contribution in [0.5, 0.6) is 0 Å². The predicted octanol–water partition coefficient (Wildman–Crippen LogP) is 0.242. The van der Waals surface area contributed by atoms with Gasteiger partial charge in [0.15, 0.2) is 5.84 Å². The molecule has 10 heavy (non-hydrogen) atoms. The number of hydrogen-bond donors (Lipinski definition) is 0. The van der Waals surface area contributed by atoms with Crippen molar-refractivity contribution in [2.24, 2.45) is 15.2 Å². The van der Waals surface area contributed by atoms with Gasteiger partial charge in [0, 0.05) is 18.6 Å². The van der Waals surface area contributed by atoms with Crippen LogP contribution in [0.4, 0.5) is 0 Å². The van der Waals surface area contributed by atoms with Gasteiger partial charge in [0.25, 0.3) is 0 Å². The molecular formula is C6H6N4. The van der Waals surface area contributed by atoms with Gasteiger partial charge >= 0.3 is 0 Å². The molecule has 0 atom stereocenters. The summed E-state index contributed by atoms with van der Waals surface area (Å²) in [6.45, 7) is 0.793. The van der Waals surface area contributed by atoms with E-state index in [2.05, 4.69) is 15.2 Å². The van der Waals surface area contributed by atoms with Gasteiger partial charge in [0.2, 0.25) is 0 Å². The fourth-order valence-corrected chi connectivity index (χ4v) is 0.841. The molecule has 0 radical (unpaired) electrons. The van der Waals surface area contributed by atoms with Gasteiger partial charge in [0.05, 0.1) is 12.8 Å². The zero-order valence-electron chi connectivity index (χ0n) is 5.31. The number of rotatable bonds is 0. The maximum atomic E-state index is 3.91. The lowest BCUT2D eigenvalue weighted by atomic mass is 10.4. The van der Waals surface area contributed by atoms with Gasteiger partial charge in [-0.25, -0.2) is 0 Å². The summed E-state index contributed by atoms with van der Waals surface area (Å²) in [6.07, 6.45) is 7.06. The summed E-state index contributed by atoms with van der Waals surface area (Å²) >= 11 is 0. The fraction of sp³-hybridized carbons (Fsp3) is 0.167. The Labute approximate surface area is 58.3 Å². The third-order valence-corrected chi connectivity index (χ3v) is 1.34. The lowest BCUT2D eigenvalue weighted by Crippen LogP contribution is -2.32. The highest BCUT2D eigenvalue weighted by Gasteiger charge is 2.09. The first-order valence-electron chi connectivity index (χ1n) is 3.03. The van der Waals surface area contributed by atoms with E-state index in [-0.39, 0.29) is 0 Å². The Morgan fingerprint density at radius 2 is 2.50 bits per heavy atom. The third kappa shape index (κ3) is 0.737. The smallest absolute Gasteiger partial charge is 0.174 e. The standard InChI is InChI=1S/C6H6N4/c1-3-10-4-2-8-9-6(10)5-7-1/h1-3,5H,4H2. The van der Waals surface area contributed by atoms with Crippen molar-refractivity contribution in [2.75, 3.05) is 6.54 Å². The van der Waals surface area contributed by atoms with Gasteiger partial charge in [-0.2, -0.15) is 5.10 Å². The van der Waals surface area contributed by atoms with E-state index in [9.17, 15) is 0 Å². The summed E-state index contributed by atoms with van der Waals surface area (Å²) < 4.78 is 0. The van der Waals surface area contributed by atoms with Crippen LogP contribution in [0.3, 0.4) is 0 Å². The third-order valence-electron chi connectivity index (χ3n) is 1.34. The minimum absolute atomic E-state index is 0.793. The molecule has 0 amide bonds. The van der Waals surface area contributed by atoms with E-state index in [1.54, 1.807) is 18.6 Å². The summed E-state index contributed by atoms with van der Waals surface area (Å²) in [4.78, 5) is 5.88. The van der Waals surface area contributed by atoms with Crippen molar-refractivity contribution in [3.05, 3.63) is 12.4 Å². The van der Waals surface area contributed by atoms with Crippen molar-refractivity contribution in [3.8, 4) is 0 Å². The molecule has 4 nitrogen and oxygen atoms in total. The highest BCUT2D eigenvalue weighted by molar-refractivity contribution is 6.30. The first-order chi connectivity index (χ1) is 4.97. The molecule has 0 aliphatic carbocycles. The first-order valence-corrected chi connectivity index (χ1v) is 3.03. The molecule has 0 fully saturated rings. The summed E-state index contributed by atoms with van der Waals surface area (Å²) in [5.41, 5.74) is 0. The van der Waals surface area contributed by atoms with Crippen molar-refractivity contribution in [2.45, 2.75) is 0 Å². The molecule has 50 valence electrons. The Bertz CT molecular complexity index is 248. The van der Waals surface area contributed by atoms with E-state index >= 15 is 0 Å².